The highest BCUT2D eigenvalue weighted by molar-refractivity contribution is 5.67. The number of aliphatic hydroxyl groups is 1. The first-order valence-corrected chi connectivity index (χ1v) is 6.27. The molecule has 0 radical (unpaired) electrons. The molecule has 6 heteroatoms. The van der Waals surface area contributed by atoms with Gasteiger partial charge >= 0.3 is 6.09 Å². The number of nitrogens with zero attached hydrogens (tertiary/aromatic N) is 2. The normalized spacial score (nSPS) is 30.6. The maximum Gasteiger partial charge on any atom is 0.409 e. The lowest BCUT2D eigenvalue weighted by Gasteiger charge is -2.38. The van der Waals surface area contributed by atoms with E-state index in [2.05, 4.69) is 10.2 Å². The number of amides is 1. The molecule has 2 rings (SSSR count). The molecule has 0 saturated carbocycles. The summed E-state index contributed by atoms with van der Waals surface area (Å²) >= 11 is 0. The van der Waals surface area contributed by atoms with Crippen LogP contribution in [0.15, 0.2) is 0 Å². The molecule has 0 aromatic carbocycles. The largest absolute Gasteiger partial charge is 0.450 e. The van der Waals surface area contributed by atoms with Crippen LogP contribution in [0.25, 0.3) is 0 Å². The molecule has 2 aliphatic rings. The van der Waals surface area contributed by atoms with Gasteiger partial charge in [0.1, 0.15) is 0 Å². The Kier molecular flexibility index (Phi) is 4.20. The molecule has 2 aliphatic heterocycles. The van der Waals surface area contributed by atoms with E-state index in [1.165, 1.54) is 0 Å². The van der Waals surface area contributed by atoms with Crippen LogP contribution in [0.5, 0.6) is 0 Å². The lowest BCUT2D eigenvalue weighted by atomic mass is 10.1. The Hall–Kier alpha value is -0.850. The van der Waals surface area contributed by atoms with Crippen molar-refractivity contribution in [3.63, 3.8) is 0 Å². The van der Waals surface area contributed by atoms with Gasteiger partial charge in [-0.15, -0.1) is 0 Å². The van der Waals surface area contributed by atoms with E-state index < -0.39 is 0 Å². The second kappa shape index (κ2) is 5.66. The number of piperazine rings is 1. The number of nitrogens with one attached hydrogen (secondary N) is 1. The third-order valence-electron chi connectivity index (χ3n) is 3.46. The van der Waals surface area contributed by atoms with Gasteiger partial charge in [0.15, 0.2) is 0 Å². The average molecular weight is 243 g/mol. The second-order valence-corrected chi connectivity index (χ2v) is 4.51. The maximum absolute atomic E-state index is 11.5. The van der Waals surface area contributed by atoms with Gasteiger partial charge < -0.3 is 20.1 Å². The van der Waals surface area contributed by atoms with Gasteiger partial charge in [-0.2, -0.15) is 0 Å². The lowest BCUT2D eigenvalue weighted by Crippen LogP contribution is -2.54. The molecule has 0 spiro atoms. The summed E-state index contributed by atoms with van der Waals surface area (Å²) in [5.41, 5.74) is 0. The van der Waals surface area contributed by atoms with Gasteiger partial charge in [0.2, 0.25) is 0 Å². The topological polar surface area (TPSA) is 65.0 Å². The fourth-order valence-corrected chi connectivity index (χ4v) is 2.47. The van der Waals surface area contributed by atoms with E-state index >= 15 is 0 Å². The molecular formula is C11H21N3O3. The molecular weight excluding hydrogens is 222 g/mol. The van der Waals surface area contributed by atoms with Crippen LogP contribution in [0.2, 0.25) is 0 Å². The second-order valence-electron chi connectivity index (χ2n) is 4.51. The highest BCUT2D eigenvalue weighted by atomic mass is 16.6. The van der Waals surface area contributed by atoms with Crippen LogP contribution in [-0.2, 0) is 4.74 Å². The first kappa shape index (κ1) is 12.6. The Balaban J connectivity index is 1.79. The van der Waals surface area contributed by atoms with Crippen molar-refractivity contribution in [3.8, 4) is 0 Å². The third kappa shape index (κ3) is 2.88. The average Bonchev–Trinajstić information content (AvgIpc) is 2.76. The van der Waals surface area contributed by atoms with Crippen molar-refractivity contribution in [2.24, 2.45) is 0 Å². The minimum atomic E-state index is -0.288. The summed E-state index contributed by atoms with van der Waals surface area (Å²) in [5, 5.41) is 13.0. The maximum atomic E-state index is 11.5. The number of carbonyl (C=O) groups is 1. The number of β-amino-alcohol motifs (C(OH)–C–C–N with tert-alkyl or cyclic N) is 1. The van der Waals surface area contributed by atoms with E-state index in [-0.39, 0.29) is 18.2 Å². The number of aliphatic hydroxyl groups excluding tert-OH is 1. The van der Waals surface area contributed by atoms with E-state index in [0.29, 0.717) is 26.2 Å². The minimum Gasteiger partial charge on any atom is -0.450 e. The molecule has 6 nitrogen and oxygen atoms in total. The van der Waals surface area contributed by atoms with Gasteiger partial charge in [0.05, 0.1) is 12.7 Å². The number of carbonyl (C=O) groups excluding carboxylic acids is 1. The molecule has 98 valence electrons. The quantitative estimate of drug-likeness (QED) is 0.657. The molecule has 2 saturated heterocycles. The van der Waals surface area contributed by atoms with Crippen LogP contribution in [0.3, 0.4) is 0 Å². The van der Waals surface area contributed by atoms with E-state index in [9.17, 15) is 9.90 Å². The summed E-state index contributed by atoms with van der Waals surface area (Å²) in [6, 6.07) is 0.194. The zero-order chi connectivity index (χ0) is 12.3. The van der Waals surface area contributed by atoms with E-state index in [4.69, 9.17) is 4.74 Å². The van der Waals surface area contributed by atoms with Crippen molar-refractivity contribution < 1.29 is 14.6 Å². The number of ether oxygens (including phenoxy) is 1. The minimum absolute atomic E-state index is 0.194. The first-order chi connectivity index (χ1) is 8.22. The molecule has 2 heterocycles. The van der Waals surface area contributed by atoms with Gasteiger partial charge in [-0.25, -0.2) is 4.79 Å². The van der Waals surface area contributed by atoms with Gasteiger partial charge in [-0.05, 0) is 6.92 Å². The van der Waals surface area contributed by atoms with Crippen molar-refractivity contribution in [2.75, 3.05) is 45.9 Å². The number of rotatable bonds is 2. The molecule has 1 amide bonds. The van der Waals surface area contributed by atoms with Crippen LogP contribution in [0.4, 0.5) is 4.79 Å². The van der Waals surface area contributed by atoms with E-state index in [1.54, 1.807) is 4.90 Å². The Bertz CT molecular complexity index is 267. The molecule has 0 aromatic heterocycles. The lowest BCUT2D eigenvalue weighted by molar-refractivity contribution is 0.0376. The van der Waals surface area contributed by atoms with Gasteiger partial charge in [0, 0.05) is 45.3 Å². The fraction of sp³-hybridized carbons (Fsp3) is 0.909. The van der Waals surface area contributed by atoms with Gasteiger partial charge in [0.25, 0.3) is 0 Å². The fourth-order valence-electron chi connectivity index (χ4n) is 2.47. The van der Waals surface area contributed by atoms with Gasteiger partial charge in [-0.1, -0.05) is 0 Å². The predicted octanol–water partition coefficient (Wildman–Crippen LogP) is -0.907. The Morgan fingerprint density at radius 3 is 2.59 bits per heavy atom. The van der Waals surface area contributed by atoms with Crippen LogP contribution in [0.1, 0.15) is 6.92 Å². The van der Waals surface area contributed by atoms with Crippen molar-refractivity contribution in [3.05, 3.63) is 0 Å². The highest BCUT2D eigenvalue weighted by Gasteiger charge is 2.33. The Morgan fingerprint density at radius 2 is 2.06 bits per heavy atom. The Morgan fingerprint density at radius 1 is 1.35 bits per heavy atom. The number of hydrogen-bond donors (Lipinski definition) is 2. The molecule has 17 heavy (non-hydrogen) atoms. The molecule has 0 aliphatic carbocycles. The molecule has 0 aromatic rings. The van der Waals surface area contributed by atoms with Crippen LogP contribution in [0, 0.1) is 0 Å². The predicted molar refractivity (Wildman–Crippen MR) is 62.8 cm³/mol. The monoisotopic (exact) mass is 243 g/mol. The molecule has 0 bridgehead atoms. The van der Waals surface area contributed by atoms with Crippen molar-refractivity contribution >= 4 is 6.09 Å². The standard InChI is InChI=1S/C11H21N3O3/c1-2-17-11(16)14-5-3-13(4-6-14)9-7-12-8-10(9)15/h9-10,12,15H,2-8H2,1H3. The summed E-state index contributed by atoms with van der Waals surface area (Å²) < 4.78 is 4.97. The number of hydrogen-bond acceptors (Lipinski definition) is 5. The van der Waals surface area contributed by atoms with Crippen molar-refractivity contribution in [2.45, 2.75) is 19.1 Å². The van der Waals surface area contributed by atoms with Crippen molar-refractivity contribution in [1.82, 2.24) is 15.1 Å². The summed E-state index contributed by atoms with van der Waals surface area (Å²) in [6.07, 6.45) is -0.513. The zero-order valence-electron chi connectivity index (χ0n) is 10.3. The third-order valence-corrected chi connectivity index (χ3v) is 3.46. The van der Waals surface area contributed by atoms with E-state index in [0.717, 1.165) is 19.6 Å². The molecule has 2 N–H and O–H groups in total. The molecule has 2 atom stereocenters. The van der Waals surface area contributed by atoms with Crippen LogP contribution in [-0.4, -0.2) is 79.0 Å². The van der Waals surface area contributed by atoms with Gasteiger partial charge in [-0.3, -0.25) is 4.90 Å². The van der Waals surface area contributed by atoms with Crippen molar-refractivity contribution in [1.29, 1.82) is 0 Å². The highest BCUT2D eigenvalue weighted by Crippen LogP contribution is 2.13. The SMILES string of the molecule is CCOC(=O)N1CCN(C2CNCC2O)CC1. The first-order valence-electron chi connectivity index (χ1n) is 6.27. The smallest absolute Gasteiger partial charge is 0.409 e. The summed E-state index contributed by atoms with van der Waals surface area (Å²) in [5.74, 6) is 0. The summed E-state index contributed by atoms with van der Waals surface area (Å²) in [7, 11) is 0. The summed E-state index contributed by atoms with van der Waals surface area (Å²) in [4.78, 5) is 15.5. The van der Waals surface area contributed by atoms with E-state index in [1.807, 2.05) is 6.92 Å². The van der Waals surface area contributed by atoms with Crippen LogP contribution < -0.4 is 5.32 Å². The Labute approximate surface area is 102 Å². The molecule has 2 fully saturated rings. The summed E-state index contributed by atoms with van der Waals surface area (Å²) in [6.45, 7) is 6.72. The molecule has 2 unspecified atom stereocenters. The zero-order valence-corrected chi connectivity index (χ0v) is 10.3. The van der Waals surface area contributed by atoms with Crippen LogP contribution >= 0.6 is 0 Å².